The first kappa shape index (κ1) is 9.56. The molecule has 1 N–H and O–H groups in total. The van der Waals surface area contributed by atoms with E-state index in [-0.39, 0.29) is 0 Å². The van der Waals surface area contributed by atoms with Crippen LogP contribution in [0.1, 0.15) is 37.9 Å². The standard InChI is InChI=1S/C9H13N7/c1-2-4-7(5-3-1)9(6-10-14-13-9)8-11-15-16-12-8/h6-7H,1-5H2,(H,11,12,15,16). The zero-order valence-corrected chi connectivity index (χ0v) is 8.87. The number of aromatic nitrogens is 4. The van der Waals surface area contributed by atoms with Gasteiger partial charge in [0.1, 0.15) is 0 Å². The van der Waals surface area contributed by atoms with Crippen molar-refractivity contribution in [3.05, 3.63) is 5.82 Å². The number of hydrogen-bond acceptors (Lipinski definition) is 6. The highest BCUT2D eigenvalue weighted by atomic mass is 15.5. The number of aromatic amines is 1. The van der Waals surface area contributed by atoms with Gasteiger partial charge in [-0.3, -0.25) is 0 Å². The van der Waals surface area contributed by atoms with Crippen LogP contribution in [0.3, 0.4) is 0 Å². The lowest BCUT2D eigenvalue weighted by molar-refractivity contribution is 0.261. The average Bonchev–Trinajstić information content (AvgIpc) is 3.02. The lowest BCUT2D eigenvalue weighted by atomic mass is 9.75. The summed E-state index contributed by atoms with van der Waals surface area (Å²) in [6.07, 6.45) is 7.77. The molecule has 0 aromatic carbocycles. The molecule has 1 aliphatic heterocycles. The van der Waals surface area contributed by atoms with Crippen LogP contribution < -0.4 is 0 Å². The molecule has 0 saturated heterocycles. The maximum absolute atomic E-state index is 4.25. The summed E-state index contributed by atoms with van der Waals surface area (Å²) in [6.45, 7) is 0. The minimum atomic E-state index is -0.562. The van der Waals surface area contributed by atoms with E-state index in [0.717, 1.165) is 12.8 Å². The molecule has 3 rings (SSSR count). The van der Waals surface area contributed by atoms with Gasteiger partial charge in [-0.1, -0.05) is 24.5 Å². The lowest BCUT2D eigenvalue weighted by Crippen LogP contribution is -2.36. The van der Waals surface area contributed by atoms with Crippen LogP contribution in [0.2, 0.25) is 0 Å². The first-order chi connectivity index (χ1) is 7.92. The number of nitrogens with one attached hydrogen (secondary N) is 1. The van der Waals surface area contributed by atoms with Crippen molar-refractivity contribution in [2.24, 2.45) is 21.4 Å². The fraction of sp³-hybridized carbons (Fsp3) is 0.778. The average molecular weight is 219 g/mol. The van der Waals surface area contributed by atoms with E-state index in [0.29, 0.717) is 11.7 Å². The zero-order valence-electron chi connectivity index (χ0n) is 8.87. The highest BCUT2D eigenvalue weighted by Gasteiger charge is 2.45. The third kappa shape index (κ3) is 1.35. The lowest BCUT2D eigenvalue weighted by Gasteiger charge is -2.31. The van der Waals surface area contributed by atoms with Crippen molar-refractivity contribution in [1.82, 2.24) is 20.6 Å². The van der Waals surface area contributed by atoms with Gasteiger partial charge in [-0.05, 0) is 24.0 Å². The molecule has 84 valence electrons. The van der Waals surface area contributed by atoms with Crippen LogP contribution in [-0.2, 0) is 5.54 Å². The summed E-state index contributed by atoms with van der Waals surface area (Å²) in [4.78, 5) is 0. The van der Waals surface area contributed by atoms with E-state index in [1.54, 1.807) is 6.21 Å². The summed E-state index contributed by atoms with van der Waals surface area (Å²) in [5, 5.41) is 26.1. The Balaban J connectivity index is 1.97. The number of tetrazole rings is 1. The smallest absolute Gasteiger partial charge is 0.177 e. The summed E-state index contributed by atoms with van der Waals surface area (Å²) in [7, 11) is 0. The minimum absolute atomic E-state index is 0.397. The normalized spacial score (nSPS) is 30.0. The molecular weight excluding hydrogens is 206 g/mol. The Morgan fingerprint density at radius 3 is 2.75 bits per heavy atom. The Morgan fingerprint density at radius 1 is 1.25 bits per heavy atom. The monoisotopic (exact) mass is 219 g/mol. The van der Waals surface area contributed by atoms with Crippen LogP contribution in [0.5, 0.6) is 0 Å². The van der Waals surface area contributed by atoms with Gasteiger partial charge in [0.25, 0.3) is 0 Å². The van der Waals surface area contributed by atoms with Crippen LogP contribution >= 0.6 is 0 Å². The predicted molar refractivity (Wildman–Crippen MR) is 55.8 cm³/mol. The van der Waals surface area contributed by atoms with Crippen LogP contribution in [0.15, 0.2) is 15.4 Å². The Hall–Kier alpha value is -1.66. The Kier molecular flexibility index (Phi) is 2.23. The maximum atomic E-state index is 4.25. The summed E-state index contributed by atoms with van der Waals surface area (Å²) in [6, 6.07) is 0. The topological polar surface area (TPSA) is 91.5 Å². The van der Waals surface area contributed by atoms with E-state index in [4.69, 9.17) is 0 Å². The second-order valence-corrected chi connectivity index (χ2v) is 4.33. The fourth-order valence-electron chi connectivity index (χ4n) is 2.59. The zero-order chi connectivity index (χ0) is 10.8. The molecule has 2 heterocycles. The van der Waals surface area contributed by atoms with Gasteiger partial charge < -0.3 is 0 Å². The van der Waals surface area contributed by atoms with Gasteiger partial charge in [0, 0.05) is 0 Å². The van der Waals surface area contributed by atoms with Crippen molar-refractivity contribution in [2.45, 2.75) is 37.6 Å². The molecule has 1 fully saturated rings. The number of rotatable bonds is 2. The molecule has 1 aliphatic carbocycles. The van der Waals surface area contributed by atoms with Crippen molar-refractivity contribution in [3.63, 3.8) is 0 Å². The number of hydrogen-bond donors (Lipinski definition) is 1. The van der Waals surface area contributed by atoms with Crippen LogP contribution in [0, 0.1) is 5.92 Å². The van der Waals surface area contributed by atoms with Crippen molar-refractivity contribution >= 4 is 6.21 Å². The predicted octanol–water partition coefficient (Wildman–Crippen LogP) is 1.43. The molecule has 1 aromatic heterocycles. The van der Waals surface area contributed by atoms with Gasteiger partial charge in [-0.25, -0.2) is 0 Å². The molecule has 0 radical (unpaired) electrons. The molecule has 0 amide bonds. The van der Waals surface area contributed by atoms with Gasteiger partial charge in [0.2, 0.25) is 5.82 Å². The van der Waals surface area contributed by atoms with Crippen LogP contribution in [-0.4, -0.2) is 26.8 Å². The third-order valence-electron chi connectivity index (χ3n) is 3.45. The van der Waals surface area contributed by atoms with Gasteiger partial charge in [-0.15, -0.1) is 20.4 Å². The third-order valence-corrected chi connectivity index (χ3v) is 3.45. The SMILES string of the molecule is C1=NN=NC1(c1nn[nH]n1)C1CCCCC1. The highest BCUT2D eigenvalue weighted by molar-refractivity contribution is 5.73. The number of H-pyrrole nitrogens is 1. The molecule has 7 heteroatoms. The van der Waals surface area contributed by atoms with E-state index in [2.05, 4.69) is 36.1 Å². The fourth-order valence-corrected chi connectivity index (χ4v) is 2.59. The summed E-state index contributed by atoms with van der Waals surface area (Å²) in [5.74, 6) is 0.984. The van der Waals surface area contributed by atoms with Crippen molar-refractivity contribution in [3.8, 4) is 0 Å². The van der Waals surface area contributed by atoms with E-state index in [1.807, 2.05) is 0 Å². The molecule has 0 bridgehead atoms. The maximum Gasteiger partial charge on any atom is 0.209 e. The molecule has 1 atom stereocenters. The van der Waals surface area contributed by atoms with E-state index >= 15 is 0 Å². The van der Waals surface area contributed by atoms with E-state index in [9.17, 15) is 0 Å². The Morgan fingerprint density at radius 2 is 2.12 bits per heavy atom. The van der Waals surface area contributed by atoms with Gasteiger partial charge >= 0.3 is 0 Å². The first-order valence-corrected chi connectivity index (χ1v) is 5.62. The molecule has 1 saturated carbocycles. The summed E-state index contributed by atoms with van der Waals surface area (Å²) < 4.78 is 0. The second-order valence-electron chi connectivity index (χ2n) is 4.33. The molecule has 16 heavy (non-hydrogen) atoms. The molecular formula is C9H13N7. The van der Waals surface area contributed by atoms with Gasteiger partial charge in [0.15, 0.2) is 5.54 Å². The Labute approximate surface area is 92.4 Å². The van der Waals surface area contributed by atoms with Crippen molar-refractivity contribution < 1.29 is 0 Å². The first-order valence-electron chi connectivity index (χ1n) is 5.62. The highest BCUT2D eigenvalue weighted by Crippen LogP contribution is 2.41. The van der Waals surface area contributed by atoms with Crippen molar-refractivity contribution in [2.75, 3.05) is 0 Å². The van der Waals surface area contributed by atoms with E-state index in [1.165, 1.54) is 19.3 Å². The minimum Gasteiger partial charge on any atom is -0.177 e. The molecule has 1 unspecified atom stereocenters. The van der Waals surface area contributed by atoms with Crippen molar-refractivity contribution in [1.29, 1.82) is 0 Å². The largest absolute Gasteiger partial charge is 0.209 e. The van der Waals surface area contributed by atoms with Gasteiger partial charge in [0.05, 0.1) is 6.21 Å². The molecule has 2 aliphatic rings. The van der Waals surface area contributed by atoms with Crippen LogP contribution in [0.25, 0.3) is 0 Å². The second kappa shape index (κ2) is 3.73. The summed E-state index contributed by atoms with van der Waals surface area (Å²) >= 11 is 0. The number of nitrogens with zero attached hydrogens (tertiary/aromatic N) is 6. The van der Waals surface area contributed by atoms with Gasteiger partial charge in [-0.2, -0.15) is 5.21 Å². The quantitative estimate of drug-likeness (QED) is 0.815. The van der Waals surface area contributed by atoms with Crippen LogP contribution in [0.4, 0.5) is 0 Å². The van der Waals surface area contributed by atoms with E-state index < -0.39 is 5.54 Å². The Bertz CT molecular complexity index is 390. The molecule has 1 aromatic rings. The summed E-state index contributed by atoms with van der Waals surface area (Å²) in [5.41, 5.74) is -0.562. The molecule has 7 nitrogen and oxygen atoms in total. The molecule has 0 spiro atoms.